The average molecular weight is 768 g/mol. The third kappa shape index (κ3) is 6.37. The van der Waals surface area contributed by atoms with Gasteiger partial charge in [-0.3, -0.25) is 0 Å². The molecule has 4 aromatic heterocycles. The number of carbonyl (C=O) groups excluding carboxylic acids is 1. The van der Waals surface area contributed by atoms with Crippen molar-refractivity contribution in [2.45, 2.75) is 34.6 Å². The van der Waals surface area contributed by atoms with E-state index < -0.39 is 5.97 Å². The molecule has 0 spiro atoms. The van der Waals surface area contributed by atoms with Crippen molar-refractivity contribution >= 4 is 62.4 Å². The number of aromatic nitrogens is 4. The third-order valence-electron chi connectivity index (χ3n) is 11.4. The van der Waals surface area contributed by atoms with Crippen LogP contribution < -0.4 is 5.35 Å². The molecule has 7 heteroatoms. The molecule has 286 valence electrons. The van der Waals surface area contributed by atoms with Gasteiger partial charge in [0, 0.05) is 55.2 Å². The van der Waals surface area contributed by atoms with Crippen LogP contribution >= 0.6 is 0 Å². The number of carbonyl (C=O) groups is 1. The Hall–Kier alpha value is -7.51. The first-order valence-electron chi connectivity index (χ1n) is 19.9. The molecule has 0 saturated heterocycles. The van der Waals surface area contributed by atoms with Crippen LogP contribution in [0.4, 0.5) is 0 Å². The summed E-state index contributed by atoms with van der Waals surface area (Å²) in [4.78, 5) is 35.8. The number of aryl methyl sites for hydroxylation is 4. The van der Waals surface area contributed by atoms with Crippen LogP contribution in [0.3, 0.4) is 0 Å². The number of oxime groups is 1. The van der Waals surface area contributed by atoms with Crippen LogP contribution in [0.25, 0.3) is 95.2 Å². The molecule has 6 heterocycles. The van der Waals surface area contributed by atoms with Crippen LogP contribution in [0.15, 0.2) is 133 Å². The minimum absolute atomic E-state index is 0.395. The van der Waals surface area contributed by atoms with Crippen molar-refractivity contribution in [3.63, 3.8) is 0 Å². The summed E-state index contributed by atoms with van der Waals surface area (Å²) in [6.07, 6.45) is 4.25. The van der Waals surface area contributed by atoms with E-state index in [1.807, 2.05) is 6.92 Å². The van der Waals surface area contributed by atoms with E-state index in [0.29, 0.717) is 16.6 Å². The van der Waals surface area contributed by atoms with E-state index in [2.05, 4.69) is 187 Å². The highest BCUT2D eigenvalue weighted by Crippen LogP contribution is 2.38. The normalized spacial score (nSPS) is 13.9. The second-order valence-corrected chi connectivity index (χ2v) is 15.7. The molecule has 0 unspecified atom stereocenters. The number of H-pyrrole nitrogens is 3. The first-order chi connectivity index (χ1) is 28.7. The van der Waals surface area contributed by atoms with E-state index in [1.54, 1.807) is 0 Å². The molecular weight excluding hydrogens is 727 g/mol. The molecule has 10 rings (SSSR count). The molecule has 0 radical (unpaired) electrons. The Morgan fingerprint density at radius 1 is 0.441 bits per heavy atom. The van der Waals surface area contributed by atoms with E-state index in [1.165, 1.54) is 11.1 Å². The highest BCUT2D eigenvalue weighted by atomic mass is 16.7. The van der Waals surface area contributed by atoms with Crippen molar-refractivity contribution in [2.75, 3.05) is 0 Å². The van der Waals surface area contributed by atoms with E-state index in [4.69, 9.17) is 9.82 Å². The standard InChI is InChI=1S/C52H41N5O2/c1-29-6-14-34(15-7-29)47-38-28-45(56-51(38)46-33(5)57-59-52(46)58)50(37-20-12-32(4)13-21-37)44-27-26-43(55-44)49(36-18-10-31(3)11-19-36)42-25-24-41(54-42)48(40-23-22-39(47)53-40)35-16-8-30(2)9-17-35/h6-28,53,55-56H,1-5H3/b47-38?,47-39?,48-40?,48-41?,49-42?,49-43?,50-44?,50-45?,51-46-. The fraction of sp³-hybridized carbons (Fsp3) is 0.0962. The fourth-order valence-corrected chi connectivity index (χ4v) is 8.31. The van der Waals surface area contributed by atoms with Crippen molar-refractivity contribution in [1.82, 2.24) is 19.9 Å². The Morgan fingerprint density at radius 2 is 0.831 bits per heavy atom. The number of nitrogens with one attached hydrogen (secondary N) is 3. The Kier molecular flexibility index (Phi) is 8.60. The number of nitrogens with zero attached hydrogens (tertiary/aromatic N) is 2. The first-order valence-corrected chi connectivity index (χ1v) is 19.9. The summed E-state index contributed by atoms with van der Waals surface area (Å²) in [6, 6.07) is 45.0. The topological polar surface area (TPSA) is 98.9 Å². The molecule has 4 aromatic carbocycles. The van der Waals surface area contributed by atoms with Crippen LogP contribution in [-0.4, -0.2) is 31.6 Å². The van der Waals surface area contributed by atoms with Gasteiger partial charge in [-0.2, -0.15) is 0 Å². The molecule has 0 aliphatic carbocycles. The van der Waals surface area contributed by atoms with Crippen LogP contribution in [-0.2, 0) is 9.63 Å². The molecule has 3 N–H and O–H groups in total. The Labute approximate surface area is 341 Å². The van der Waals surface area contributed by atoms with Crippen molar-refractivity contribution in [3.8, 4) is 44.5 Å². The minimum atomic E-state index is -0.498. The second-order valence-electron chi connectivity index (χ2n) is 15.7. The fourth-order valence-electron chi connectivity index (χ4n) is 8.31. The van der Waals surface area contributed by atoms with Gasteiger partial charge in [0.1, 0.15) is 5.57 Å². The first kappa shape index (κ1) is 35.9. The van der Waals surface area contributed by atoms with Gasteiger partial charge in [-0.15, -0.1) is 0 Å². The van der Waals surface area contributed by atoms with Gasteiger partial charge < -0.3 is 19.8 Å². The Bertz CT molecular complexity index is 3270. The summed E-state index contributed by atoms with van der Waals surface area (Å²) in [5, 5.41) is 5.60. The van der Waals surface area contributed by atoms with Crippen molar-refractivity contribution in [3.05, 3.63) is 166 Å². The van der Waals surface area contributed by atoms with Gasteiger partial charge in [0.15, 0.2) is 0 Å². The van der Waals surface area contributed by atoms with Gasteiger partial charge in [0.05, 0.1) is 22.4 Å². The van der Waals surface area contributed by atoms with E-state index in [0.717, 1.165) is 100.0 Å². The quantitative estimate of drug-likeness (QED) is 0.156. The van der Waals surface area contributed by atoms with Gasteiger partial charge in [0.25, 0.3) is 0 Å². The van der Waals surface area contributed by atoms with Crippen molar-refractivity contribution in [1.29, 1.82) is 0 Å². The predicted octanol–water partition coefficient (Wildman–Crippen LogP) is 12.0. The van der Waals surface area contributed by atoms with Crippen molar-refractivity contribution < 1.29 is 9.63 Å². The molecule has 8 bridgehead atoms. The highest BCUT2D eigenvalue weighted by molar-refractivity contribution is 6.42. The van der Waals surface area contributed by atoms with Crippen LogP contribution in [0.1, 0.15) is 40.6 Å². The number of hydrogen-bond donors (Lipinski definition) is 3. The molecule has 59 heavy (non-hydrogen) atoms. The number of fused-ring (bicyclic) bond motifs is 8. The monoisotopic (exact) mass is 767 g/mol. The summed E-state index contributed by atoms with van der Waals surface area (Å²) in [5.41, 5.74) is 19.7. The molecule has 0 saturated carbocycles. The maximum absolute atomic E-state index is 13.6. The maximum atomic E-state index is 13.6. The van der Waals surface area contributed by atoms with E-state index in [-0.39, 0.29) is 0 Å². The SMILES string of the molecule is CC1=NOC(=O)/C1=c1\[nH]c2cc1c(-c1ccc(C)cc1)c1ccc([nH]1)c(-c1ccc(C)cc1)c1nc(c(-c3ccc(C)cc3)c3ccc([nH]3)c2-c2ccc(C)cc2)C=C1. The number of hydrogen-bond acceptors (Lipinski definition) is 4. The lowest BCUT2D eigenvalue weighted by Crippen LogP contribution is -2.17. The number of benzene rings is 4. The summed E-state index contributed by atoms with van der Waals surface area (Å²) in [7, 11) is 0. The van der Waals surface area contributed by atoms with Crippen LogP contribution in [0, 0.1) is 27.7 Å². The molecule has 2 aliphatic rings. The third-order valence-corrected chi connectivity index (χ3v) is 11.4. The molecule has 2 aliphatic heterocycles. The minimum Gasteiger partial charge on any atom is -0.354 e. The van der Waals surface area contributed by atoms with E-state index in [9.17, 15) is 4.79 Å². The summed E-state index contributed by atoms with van der Waals surface area (Å²) in [5.74, 6) is -0.498. The van der Waals surface area contributed by atoms with Crippen LogP contribution in [0.2, 0.25) is 0 Å². The van der Waals surface area contributed by atoms with Gasteiger partial charge >= 0.3 is 5.97 Å². The van der Waals surface area contributed by atoms with E-state index >= 15 is 0 Å². The Morgan fingerprint density at radius 3 is 1.25 bits per heavy atom. The predicted molar refractivity (Wildman–Crippen MR) is 243 cm³/mol. The average Bonchev–Trinajstić information content (AvgIpc) is 4.10. The number of rotatable bonds is 4. The van der Waals surface area contributed by atoms with Gasteiger partial charge in [-0.1, -0.05) is 124 Å². The lowest BCUT2D eigenvalue weighted by molar-refractivity contribution is -0.135. The van der Waals surface area contributed by atoms with Crippen molar-refractivity contribution in [2.24, 2.45) is 5.16 Å². The smallest absolute Gasteiger partial charge is 0.354 e. The van der Waals surface area contributed by atoms with Gasteiger partial charge in [-0.25, -0.2) is 9.78 Å². The molecule has 8 aromatic rings. The lowest BCUT2D eigenvalue weighted by atomic mass is 9.99. The molecule has 7 nitrogen and oxygen atoms in total. The van der Waals surface area contributed by atoms with Crippen LogP contribution in [0.5, 0.6) is 0 Å². The maximum Gasteiger partial charge on any atom is 0.369 e. The molecule has 0 atom stereocenters. The highest BCUT2D eigenvalue weighted by Gasteiger charge is 2.26. The largest absolute Gasteiger partial charge is 0.369 e. The molecular formula is C52H41N5O2. The second kappa shape index (κ2) is 14.1. The summed E-state index contributed by atoms with van der Waals surface area (Å²) < 4.78 is 0. The lowest BCUT2D eigenvalue weighted by Gasteiger charge is -2.07. The summed E-state index contributed by atoms with van der Waals surface area (Å²) >= 11 is 0. The molecule has 0 amide bonds. The zero-order chi connectivity index (χ0) is 40.4. The number of aromatic amines is 3. The van der Waals surface area contributed by atoms with Gasteiger partial charge in [0.2, 0.25) is 0 Å². The van der Waals surface area contributed by atoms with Gasteiger partial charge in [-0.05, 0) is 99.4 Å². The Balaban J connectivity index is 1.47. The zero-order valence-corrected chi connectivity index (χ0v) is 33.5. The zero-order valence-electron chi connectivity index (χ0n) is 33.5. The summed E-state index contributed by atoms with van der Waals surface area (Å²) in [6.45, 7) is 10.2. The molecule has 0 fully saturated rings.